The molecule has 0 radical (unpaired) electrons. The molecule has 1 heterocycles. The maximum absolute atomic E-state index is 11.5. The van der Waals surface area contributed by atoms with E-state index in [0.29, 0.717) is 6.61 Å². The summed E-state index contributed by atoms with van der Waals surface area (Å²) >= 11 is 5.52. The third kappa shape index (κ3) is 4.73. The predicted octanol–water partition coefficient (Wildman–Crippen LogP) is 0.908. The number of sulfonamides is 1. The fraction of sp³-hybridized carbons (Fsp3) is 0.500. The van der Waals surface area contributed by atoms with E-state index in [0.717, 1.165) is 0 Å². The summed E-state index contributed by atoms with van der Waals surface area (Å²) in [5.41, 5.74) is 0. The van der Waals surface area contributed by atoms with Gasteiger partial charge < -0.3 is 4.74 Å². The van der Waals surface area contributed by atoms with Gasteiger partial charge in [-0.1, -0.05) is 0 Å². The Morgan fingerprint density at radius 3 is 2.94 bits per heavy atom. The lowest BCUT2D eigenvalue weighted by atomic mass is 10.6. The Bertz CT molecular complexity index is 438. The lowest BCUT2D eigenvalue weighted by Gasteiger charge is -2.06. The molecule has 0 atom stereocenters. The first-order valence-electron chi connectivity index (χ1n) is 4.60. The molecular formula is C8H12ClN3O3S. The van der Waals surface area contributed by atoms with Crippen molar-refractivity contribution < 1.29 is 13.2 Å². The third-order valence-corrected chi connectivity index (χ3v) is 2.99. The maximum atomic E-state index is 11.5. The van der Waals surface area contributed by atoms with Crippen LogP contribution in [0.1, 0.15) is 6.92 Å². The fourth-order valence-corrected chi connectivity index (χ4v) is 1.93. The quantitative estimate of drug-likeness (QED) is 0.611. The molecular weight excluding hydrogens is 254 g/mol. The summed E-state index contributed by atoms with van der Waals surface area (Å²) < 4.78 is 30.2. The van der Waals surface area contributed by atoms with Gasteiger partial charge in [-0.2, -0.15) is 4.98 Å². The number of nitrogens with one attached hydrogen (secondary N) is 1. The molecule has 1 N–H and O–H groups in total. The summed E-state index contributed by atoms with van der Waals surface area (Å²) in [5, 5.41) is -0.00925. The van der Waals surface area contributed by atoms with Gasteiger partial charge in [0, 0.05) is 12.8 Å². The zero-order valence-corrected chi connectivity index (χ0v) is 10.3. The van der Waals surface area contributed by atoms with Crippen molar-refractivity contribution in [2.24, 2.45) is 0 Å². The molecule has 0 amide bonds. The number of hydrogen-bond acceptors (Lipinski definition) is 5. The minimum Gasteiger partial charge on any atom is -0.381 e. The first-order valence-corrected chi connectivity index (χ1v) is 6.63. The Hall–Kier alpha value is -0.920. The Balaban J connectivity index is 2.59. The zero-order valence-electron chi connectivity index (χ0n) is 8.68. The van der Waals surface area contributed by atoms with Crippen LogP contribution in [0.4, 0.5) is 5.82 Å². The average Bonchev–Trinajstić information content (AvgIpc) is 2.17. The predicted molar refractivity (Wildman–Crippen MR) is 60.9 cm³/mol. The molecule has 8 heteroatoms. The van der Waals surface area contributed by atoms with Crippen molar-refractivity contribution in [1.82, 2.24) is 9.97 Å². The van der Waals surface area contributed by atoms with Gasteiger partial charge in [0.25, 0.3) is 0 Å². The monoisotopic (exact) mass is 265 g/mol. The van der Waals surface area contributed by atoms with E-state index in [-0.39, 0.29) is 23.5 Å². The Morgan fingerprint density at radius 1 is 1.56 bits per heavy atom. The molecule has 90 valence electrons. The molecule has 0 spiro atoms. The van der Waals surface area contributed by atoms with E-state index in [4.69, 9.17) is 16.3 Å². The highest BCUT2D eigenvalue weighted by atomic mass is 35.5. The van der Waals surface area contributed by atoms with Crippen molar-refractivity contribution in [2.45, 2.75) is 6.92 Å². The highest BCUT2D eigenvalue weighted by molar-refractivity contribution is 7.92. The van der Waals surface area contributed by atoms with E-state index in [1.54, 1.807) is 6.92 Å². The molecule has 1 aromatic heterocycles. The van der Waals surface area contributed by atoms with E-state index in [1.165, 1.54) is 12.3 Å². The largest absolute Gasteiger partial charge is 0.381 e. The summed E-state index contributed by atoms with van der Waals surface area (Å²) in [6.07, 6.45) is 1.37. The molecule has 1 rings (SSSR count). The number of hydrogen-bond donors (Lipinski definition) is 1. The van der Waals surface area contributed by atoms with Crippen LogP contribution in [0.3, 0.4) is 0 Å². The first kappa shape index (κ1) is 13.1. The van der Waals surface area contributed by atoms with Gasteiger partial charge >= 0.3 is 0 Å². The van der Waals surface area contributed by atoms with Crippen LogP contribution in [0, 0.1) is 0 Å². The van der Waals surface area contributed by atoms with Gasteiger partial charge in [-0.25, -0.2) is 13.4 Å². The van der Waals surface area contributed by atoms with Crippen LogP contribution >= 0.6 is 11.6 Å². The molecule has 0 aliphatic heterocycles. The minimum atomic E-state index is -3.45. The van der Waals surface area contributed by atoms with Crippen molar-refractivity contribution in [3.8, 4) is 0 Å². The fourth-order valence-electron chi connectivity index (χ4n) is 0.915. The van der Waals surface area contributed by atoms with Crippen molar-refractivity contribution in [1.29, 1.82) is 0 Å². The zero-order chi connectivity index (χ0) is 12.0. The molecule has 0 aliphatic carbocycles. The summed E-state index contributed by atoms with van der Waals surface area (Å²) in [4.78, 5) is 7.35. The van der Waals surface area contributed by atoms with Crippen LogP contribution in [0.25, 0.3) is 0 Å². The lowest BCUT2D eigenvalue weighted by molar-refractivity contribution is 0.163. The van der Waals surface area contributed by atoms with Crippen LogP contribution in [-0.2, 0) is 14.8 Å². The minimum absolute atomic E-state index is 0.00925. The second-order valence-corrected chi connectivity index (χ2v) is 5.01. The molecule has 16 heavy (non-hydrogen) atoms. The summed E-state index contributed by atoms with van der Waals surface area (Å²) in [6.45, 7) is 2.42. The molecule has 0 unspecified atom stereocenters. The molecule has 1 aromatic rings. The molecule has 6 nitrogen and oxygen atoms in total. The third-order valence-electron chi connectivity index (χ3n) is 1.59. The summed E-state index contributed by atoms with van der Waals surface area (Å²) in [7, 11) is -3.45. The van der Waals surface area contributed by atoms with Gasteiger partial charge in [0.2, 0.25) is 15.3 Å². The Labute approximate surface area is 99.1 Å². The first-order chi connectivity index (χ1) is 7.53. The lowest BCUT2D eigenvalue weighted by Crippen LogP contribution is -2.20. The molecule has 0 aliphatic rings. The van der Waals surface area contributed by atoms with Crippen LogP contribution in [0.15, 0.2) is 12.3 Å². The van der Waals surface area contributed by atoms with Crippen molar-refractivity contribution >= 4 is 27.4 Å². The van der Waals surface area contributed by atoms with Crippen LogP contribution in [0.2, 0.25) is 5.28 Å². The smallest absolute Gasteiger partial charge is 0.236 e. The molecule has 0 saturated carbocycles. The Morgan fingerprint density at radius 2 is 2.31 bits per heavy atom. The number of anilines is 1. The van der Waals surface area contributed by atoms with Crippen molar-refractivity contribution in [2.75, 3.05) is 23.7 Å². The number of nitrogens with zero attached hydrogens (tertiary/aromatic N) is 2. The number of ether oxygens (including phenoxy) is 1. The highest BCUT2D eigenvalue weighted by Gasteiger charge is 2.11. The van der Waals surface area contributed by atoms with E-state index >= 15 is 0 Å². The summed E-state index contributed by atoms with van der Waals surface area (Å²) in [5.74, 6) is 0.0270. The van der Waals surface area contributed by atoms with Gasteiger partial charge in [0.05, 0.1) is 12.4 Å². The van der Waals surface area contributed by atoms with Gasteiger partial charge in [-0.3, -0.25) is 4.72 Å². The second-order valence-electron chi connectivity index (χ2n) is 2.83. The normalized spacial score (nSPS) is 11.4. The van der Waals surface area contributed by atoms with Crippen LogP contribution in [0.5, 0.6) is 0 Å². The molecule has 0 aromatic carbocycles. The van der Waals surface area contributed by atoms with Crippen molar-refractivity contribution in [3.63, 3.8) is 0 Å². The standard InChI is InChI=1S/C8H12ClN3O3S/c1-2-15-5-6-16(13,14)12-7-3-4-10-8(9)11-7/h3-4H,2,5-6H2,1H3,(H,10,11,12). The van der Waals surface area contributed by atoms with Crippen LogP contribution < -0.4 is 4.72 Å². The van der Waals surface area contributed by atoms with Crippen molar-refractivity contribution in [3.05, 3.63) is 17.5 Å². The highest BCUT2D eigenvalue weighted by Crippen LogP contribution is 2.07. The number of rotatable bonds is 6. The van der Waals surface area contributed by atoms with E-state index in [1.807, 2.05) is 0 Å². The van der Waals surface area contributed by atoms with Gasteiger partial charge in [0.1, 0.15) is 5.82 Å². The number of aromatic nitrogens is 2. The van der Waals surface area contributed by atoms with Gasteiger partial charge in [-0.15, -0.1) is 0 Å². The molecule has 0 bridgehead atoms. The van der Waals surface area contributed by atoms with E-state index in [9.17, 15) is 8.42 Å². The summed E-state index contributed by atoms with van der Waals surface area (Å²) in [6, 6.07) is 1.42. The average molecular weight is 266 g/mol. The van der Waals surface area contributed by atoms with Gasteiger partial charge in [0.15, 0.2) is 0 Å². The number of halogens is 1. The van der Waals surface area contributed by atoms with Crippen LogP contribution in [-0.4, -0.2) is 37.4 Å². The molecule has 0 saturated heterocycles. The second kappa shape index (κ2) is 5.97. The van der Waals surface area contributed by atoms with Gasteiger partial charge in [-0.05, 0) is 24.6 Å². The maximum Gasteiger partial charge on any atom is 0.236 e. The Kier molecular flexibility index (Phi) is 4.91. The van der Waals surface area contributed by atoms with E-state index in [2.05, 4.69) is 14.7 Å². The topological polar surface area (TPSA) is 81.2 Å². The SMILES string of the molecule is CCOCCS(=O)(=O)Nc1ccnc(Cl)n1. The molecule has 0 fully saturated rings. The van der Waals surface area contributed by atoms with E-state index < -0.39 is 10.0 Å².